The quantitative estimate of drug-likeness (QED) is 0.640. The molecule has 0 radical (unpaired) electrons. The Morgan fingerprint density at radius 3 is 2.57 bits per heavy atom. The molecule has 1 N–H and O–H groups in total. The van der Waals surface area contributed by atoms with E-state index in [1.807, 2.05) is 0 Å². The minimum atomic E-state index is 0. The molecule has 23 heavy (non-hydrogen) atoms. The smallest absolute Gasteiger partial charge is 0.119 e. The fourth-order valence-electron chi connectivity index (χ4n) is 3.13. The van der Waals surface area contributed by atoms with E-state index in [1.54, 1.807) is 0 Å². The van der Waals surface area contributed by atoms with Crippen molar-refractivity contribution in [2.24, 2.45) is 0 Å². The second-order valence-corrected chi connectivity index (χ2v) is 6.36. The van der Waals surface area contributed by atoms with Crippen LogP contribution in [0.2, 0.25) is 0 Å². The molecular weight excluding hydrogens is 310 g/mol. The highest BCUT2D eigenvalue weighted by Crippen LogP contribution is 2.21. The van der Waals surface area contributed by atoms with Gasteiger partial charge in [-0.2, -0.15) is 0 Å². The third-order valence-electron chi connectivity index (χ3n) is 4.54. The summed E-state index contributed by atoms with van der Waals surface area (Å²) in [4.78, 5) is 2.38. The largest absolute Gasteiger partial charge is 0.494 e. The van der Waals surface area contributed by atoms with E-state index >= 15 is 0 Å². The van der Waals surface area contributed by atoms with Crippen LogP contribution in [0.25, 0.3) is 0 Å². The molecule has 1 aliphatic heterocycles. The van der Waals surface area contributed by atoms with Gasteiger partial charge in [-0.15, -0.1) is 12.4 Å². The lowest BCUT2D eigenvalue weighted by Gasteiger charge is -2.22. The minimum Gasteiger partial charge on any atom is -0.494 e. The fourth-order valence-corrected chi connectivity index (χ4v) is 3.13. The summed E-state index contributed by atoms with van der Waals surface area (Å²) in [5.74, 6) is 0.972. The van der Waals surface area contributed by atoms with Crippen molar-refractivity contribution in [2.75, 3.05) is 19.8 Å². The minimum absolute atomic E-state index is 0. The van der Waals surface area contributed by atoms with Gasteiger partial charge >= 0.3 is 0 Å². The van der Waals surface area contributed by atoms with Crippen LogP contribution in [0.4, 0.5) is 0 Å². The van der Waals surface area contributed by atoms with Gasteiger partial charge in [0.1, 0.15) is 5.75 Å². The van der Waals surface area contributed by atoms with Crippen LogP contribution >= 0.6 is 12.4 Å². The van der Waals surface area contributed by atoms with E-state index in [4.69, 9.17) is 4.74 Å². The molecule has 0 spiro atoms. The Morgan fingerprint density at radius 1 is 1.13 bits per heavy atom. The molecule has 2 rings (SSSR count). The van der Waals surface area contributed by atoms with Crippen LogP contribution in [0.1, 0.15) is 57.4 Å². The molecule has 0 amide bonds. The molecule has 0 unspecified atom stereocenters. The van der Waals surface area contributed by atoms with E-state index in [0.717, 1.165) is 38.3 Å². The number of likely N-dealkylation sites (tertiary alicyclic amines) is 1. The average Bonchev–Trinajstić information content (AvgIpc) is 2.99. The summed E-state index contributed by atoms with van der Waals surface area (Å²) in [7, 11) is 0. The highest BCUT2D eigenvalue weighted by molar-refractivity contribution is 5.85. The van der Waals surface area contributed by atoms with Crippen molar-refractivity contribution in [3.05, 3.63) is 29.8 Å². The maximum atomic E-state index is 9.37. The van der Waals surface area contributed by atoms with Gasteiger partial charge in [-0.25, -0.2) is 0 Å². The van der Waals surface area contributed by atoms with Crippen LogP contribution in [0.5, 0.6) is 5.75 Å². The van der Waals surface area contributed by atoms with Gasteiger partial charge in [0.15, 0.2) is 0 Å². The Balaban J connectivity index is 0.00000264. The molecule has 0 bridgehead atoms. The van der Waals surface area contributed by atoms with E-state index in [0.29, 0.717) is 6.04 Å². The third-order valence-corrected chi connectivity index (χ3v) is 4.54. The van der Waals surface area contributed by atoms with Crippen LogP contribution in [0.3, 0.4) is 0 Å². The third kappa shape index (κ3) is 7.11. The first-order valence-corrected chi connectivity index (χ1v) is 8.90. The molecule has 1 saturated heterocycles. The summed E-state index contributed by atoms with van der Waals surface area (Å²) in [5.41, 5.74) is 1.30. The summed E-state index contributed by atoms with van der Waals surface area (Å²) in [5, 5.41) is 9.37. The number of unbranched alkanes of at least 4 members (excludes halogenated alkanes) is 4. The summed E-state index contributed by atoms with van der Waals surface area (Å²) in [6.07, 6.45) is 8.68. The number of halogens is 1. The predicted molar refractivity (Wildman–Crippen MR) is 98.5 cm³/mol. The van der Waals surface area contributed by atoms with Crippen molar-refractivity contribution >= 4 is 12.4 Å². The van der Waals surface area contributed by atoms with Crippen molar-refractivity contribution in [3.63, 3.8) is 0 Å². The lowest BCUT2D eigenvalue weighted by Crippen LogP contribution is -2.31. The maximum Gasteiger partial charge on any atom is 0.119 e. The molecular formula is C19H32ClNO2. The topological polar surface area (TPSA) is 32.7 Å². The zero-order chi connectivity index (χ0) is 15.6. The van der Waals surface area contributed by atoms with Gasteiger partial charge in [-0.1, -0.05) is 44.7 Å². The van der Waals surface area contributed by atoms with Crippen molar-refractivity contribution in [2.45, 2.75) is 64.5 Å². The van der Waals surface area contributed by atoms with Gasteiger partial charge in [0.2, 0.25) is 0 Å². The predicted octanol–water partition coefficient (Wildman–Crippen LogP) is 4.41. The Morgan fingerprint density at radius 2 is 1.87 bits per heavy atom. The van der Waals surface area contributed by atoms with Crippen LogP contribution < -0.4 is 4.74 Å². The molecule has 1 aliphatic rings. The summed E-state index contributed by atoms with van der Waals surface area (Å²) in [6, 6.07) is 8.80. The van der Waals surface area contributed by atoms with Gasteiger partial charge in [-0.05, 0) is 43.5 Å². The summed E-state index contributed by atoms with van der Waals surface area (Å²) < 4.78 is 5.80. The number of nitrogens with zero attached hydrogens (tertiary/aromatic N) is 1. The van der Waals surface area contributed by atoms with Gasteiger partial charge in [0.05, 0.1) is 13.2 Å². The number of aliphatic hydroxyl groups is 1. The lowest BCUT2D eigenvalue weighted by atomic mass is 10.1. The second kappa shape index (κ2) is 11.7. The molecule has 4 heteroatoms. The van der Waals surface area contributed by atoms with Crippen LogP contribution in [-0.2, 0) is 6.54 Å². The van der Waals surface area contributed by atoms with Crippen molar-refractivity contribution in [1.29, 1.82) is 0 Å². The Labute approximate surface area is 147 Å². The van der Waals surface area contributed by atoms with Gasteiger partial charge in [-0.3, -0.25) is 4.90 Å². The van der Waals surface area contributed by atoms with E-state index in [1.165, 1.54) is 37.7 Å². The van der Waals surface area contributed by atoms with Crippen LogP contribution in [0.15, 0.2) is 24.3 Å². The number of rotatable bonds is 10. The molecule has 0 saturated carbocycles. The van der Waals surface area contributed by atoms with Crippen molar-refractivity contribution < 1.29 is 9.84 Å². The maximum absolute atomic E-state index is 9.37. The highest BCUT2D eigenvalue weighted by atomic mass is 35.5. The number of aliphatic hydroxyl groups excluding tert-OH is 1. The first-order valence-electron chi connectivity index (χ1n) is 8.90. The molecule has 132 valence electrons. The molecule has 1 fully saturated rings. The molecule has 1 atom stereocenters. The van der Waals surface area contributed by atoms with Gasteiger partial charge in [0.25, 0.3) is 0 Å². The molecule has 1 heterocycles. The van der Waals surface area contributed by atoms with Gasteiger partial charge in [0, 0.05) is 12.6 Å². The first-order chi connectivity index (χ1) is 10.8. The number of hydrogen-bond acceptors (Lipinski definition) is 3. The second-order valence-electron chi connectivity index (χ2n) is 6.36. The summed E-state index contributed by atoms with van der Waals surface area (Å²) >= 11 is 0. The highest BCUT2D eigenvalue weighted by Gasteiger charge is 2.23. The fraction of sp³-hybridized carbons (Fsp3) is 0.684. The molecule has 3 nitrogen and oxygen atoms in total. The molecule has 0 aliphatic carbocycles. The average molecular weight is 342 g/mol. The SMILES string of the molecule is CCCCCCCOc1ccc(CN2CCC[C@@H]2CO)cc1.Cl. The van der Waals surface area contributed by atoms with Gasteiger partial charge < -0.3 is 9.84 Å². The molecule has 1 aromatic carbocycles. The van der Waals surface area contributed by atoms with Crippen molar-refractivity contribution in [3.8, 4) is 5.75 Å². The molecule has 1 aromatic rings. The normalized spacial score (nSPS) is 17.9. The first kappa shape index (κ1) is 20.3. The monoisotopic (exact) mass is 341 g/mol. The zero-order valence-electron chi connectivity index (χ0n) is 14.4. The van der Waals surface area contributed by atoms with E-state index in [9.17, 15) is 5.11 Å². The zero-order valence-corrected chi connectivity index (χ0v) is 15.2. The number of hydrogen-bond donors (Lipinski definition) is 1. The Kier molecular flexibility index (Phi) is 10.3. The number of benzene rings is 1. The Bertz CT molecular complexity index is 410. The lowest BCUT2D eigenvalue weighted by molar-refractivity contribution is 0.153. The molecule has 0 aromatic heterocycles. The van der Waals surface area contributed by atoms with E-state index in [2.05, 4.69) is 36.1 Å². The van der Waals surface area contributed by atoms with Crippen LogP contribution in [-0.4, -0.2) is 35.8 Å². The summed E-state index contributed by atoms with van der Waals surface area (Å²) in [6.45, 7) is 5.37. The standard InChI is InChI=1S/C19H31NO2.ClH/c1-2-3-4-5-6-14-22-19-11-9-17(10-12-19)15-20-13-7-8-18(20)16-21;/h9-12,18,21H,2-8,13-16H2,1H3;1H/t18-;/m1./s1. The number of ether oxygens (including phenoxy) is 1. The van der Waals surface area contributed by atoms with Crippen molar-refractivity contribution in [1.82, 2.24) is 4.90 Å². The van der Waals surface area contributed by atoms with E-state index in [-0.39, 0.29) is 19.0 Å². The van der Waals surface area contributed by atoms with E-state index < -0.39 is 0 Å². The van der Waals surface area contributed by atoms with Crippen LogP contribution in [0, 0.1) is 0 Å². The Hall–Kier alpha value is -0.770.